The highest BCUT2D eigenvalue weighted by Crippen LogP contribution is 2.26. The first-order valence-corrected chi connectivity index (χ1v) is 10.2. The van der Waals surface area contributed by atoms with E-state index in [1.165, 1.54) is 0 Å². The molecule has 0 saturated carbocycles. The summed E-state index contributed by atoms with van der Waals surface area (Å²) in [6.45, 7) is 1.76. The van der Waals surface area contributed by atoms with Gasteiger partial charge in [-0.3, -0.25) is 14.4 Å². The van der Waals surface area contributed by atoms with Gasteiger partial charge in [0.1, 0.15) is 0 Å². The maximum Gasteiger partial charge on any atom is 0.340 e. The maximum atomic E-state index is 12.5. The molecule has 8 nitrogen and oxygen atoms in total. The van der Waals surface area contributed by atoms with Gasteiger partial charge in [0.15, 0.2) is 6.61 Å². The van der Waals surface area contributed by atoms with Crippen molar-refractivity contribution in [1.29, 1.82) is 0 Å². The quantitative estimate of drug-likeness (QED) is 0.634. The van der Waals surface area contributed by atoms with Gasteiger partial charge in [-0.1, -0.05) is 37.3 Å². The lowest BCUT2D eigenvalue weighted by Crippen LogP contribution is -2.36. The number of para-hydroxylation sites is 2. The number of nitrogens with one attached hydrogen (secondary N) is 2. The van der Waals surface area contributed by atoms with Crippen LogP contribution in [0.4, 0.5) is 11.4 Å². The third-order valence-corrected chi connectivity index (χ3v) is 4.94. The van der Waals surface area contributed by atoms with Crippen molar-refractivity contribution in [2.24, 2.45) is 0 Å². The molecule has 0 aliphatic carbocycles. The van der Waals surface area contributed by atoms with E-state index >= 15 is 0 Å². The van der Waals surface area contributed by atoms with Crippen LogP contribution in [0.2, 0.25) is 0 Å². The number of hydrogen-bond donors (Lipinski definition) is 2. The summed E-state index contributed by atoms with van der Waals surface area (Å²) in [6, 6.07) is 14.1. The first-order valence-electron chi connectivity index (χ1n) is 10.2. The fraction of sp³-hybridized carbons (Fsp3) is 0.304. The number of rotatable bonds is 8. The van der Waals surface area contributed by atoms with Gasteiger partial charge in [-0.2, -0.15) is 0 Å². The molecule has 0 radical (unpaired) electrons. The van der Waals surface area contributed by atoms with Crippen molar-refractivity contribution in [1.82, 2.24) is 5.32 Å². The Morgan fingerprint density at radius 3 is 2.52 bits per heavy atom. The van der Waals surface area contributed by atoms with Crippen LogP contribution >= 0.6 is 0 Å². The molecule has 1 saturated heterocycles. The van der Waals surface area contributed by atoms with Crippen molar-refractivity contribution in [3.05, 3.63) is 59.7 Å². The zero-order valence-electron chi connectivity index (χ0n) is 17.3. The van der Waals surface area contributed by atoms with Crippen LogP contribution in [0.25, 0.3) is 0 Å². The van der Waals surface area contributed by atoms with E-state index in [-0.39, 0.29) is 23.9 Å². The molecular weight excluding hydrogens is 398 g/mol. The summed E-state index contributed by atoms with van der Waals surface area (Å²) in [5, 5.41) is 5.18. The Kier molecular flexibility index (Phi) is 7.37. The average molecular weight is 423 g/mol. The Morgan fingerprint density at radius 1 is 1.03 bits per heavy atom. The number of amides is 3. The molecule has 0 aromatic heterocycles. The fourth-order valence-electron chi connectivity index (χ4n) is 3.37. The predicted molar refractivity (Wildman–Crippen MR) is 116 cm³/mol. The van der Waals surface area contributed by atoms with Crippen LogP contribution in [0.15, 0.2) is 48.5 Å². The van der Waals surface area contributed by atoms with Crippen molar-refractivity contribution >= 4 is 35.1 Å². The number of nitrogens with zero attached hydrogens (tertiary/aromatic N) is 1. The normalized spacial score (nSPS) is 13.1. The lowest BCUT2D eigenvalue weighted by molar-refractivity contribution is -0.126. The van der Waals surface area contributed by atoms with Gasteiger partial charge < -0.3 is 20.3 Å². The molecule has 31 heavy (non-hydrogen) atoms. The smallest absolute Gasteiger partial charge is 0.340 e. The molecule has 2 N–H and O–H groups in total. The maximum absolute atomic E-state index is 12.5. The monoisotopic (exact) mass is 423 g/mol. The molecule has 2 aromatic carbocycles. The van der Waals surface area contributed by atoms with Crippen LogP contribution in [0.3, 0.4) is 0 Å². The topological polar surface area (TPSA) is 105 Å². The molecule has 1 aliphatic heterocycles. The lowest BCUT2D eigenvalue weighted by atomic mass is 10.1. The van der Waals surface area contributed by atoms with Crippen LogP contribution in [0, 0.1) is 0 Å². The highest BCUT2D eigenvalue weighted by molar-refractivity contribution is 6.04. The molecule has 3 rings (SSSR count). The van der Waals surface area contributed by atoms with Crippen LogP contribution < -0.4 is 15.5 Å². The second-order valence-corrected chi connectivity index (χ2v) is 7.08. The third kappa shape index (κ3) is 5.69. The van der Waals surface area contributed by atoms with Crippen LogP contribution in [0.1, 0.15) is 35.7 Å². The highest BCUT2D eigenvalue weighted by atomic mass is 16.5. The molecule has 0 spiro atoms. The summed E-state index contributed by atoms with van der Waals surface area (Å²) in [5.74, 6) is -1.72. The number of benzene rings is 2. The van der Waals surface area contributed by atoms with Crippen molar-refractivity contribution in [3.63, 3.8) is 0 Å². The van der Waals surface area contributed by atoms with E-state index in [1.807, 2.05) is 25.1 Å². The minimum atomic E-state index is -0.702. The number of carbonyl (C=O) groups is 4. The van der Waals surface area contributed by atoms with Gasteiger partial charge in [-0.15, -0.1) is 0 Å². The molecule has 0 unspecified atom stereocenters. The van der Waals surface area contributed by atoms with E-state index in [9.17, 15) is 19.2 Å². The van der Waals surface area contributed by atoms with Gasteiger partial charge >= 0.3 is 5.97 Å². The van der Waals surface area contributed by atoms with Gasteiger partial charge in [-0.05, 0) is 36.6 Å². The number of carbonyl (C=O) groups excluding carboxylic acids is 4. The standard InChI is InChI=1S/C23H25N3O5/c1-2-16-8-3-5-10-18(16)25-20(27)14-24-21(28)15-31-23(30)17-9-4-6-11-19(17)26-13-7-12-22(26)29/h3-6,8-11H,2,7,12-15H2,1H3,(H,24,28)(H,25,27). The summed E-state index contributed by atoms with van der Waals surface area (Å²) in [4.78, 5) is 50.1. The van der Waals surface area contributed by atoms with E-state index in [1.54, 1.807) is 35.2 Å². The average Bonchev–Trinajstić information content (AvgIpc) is 3.22. The van der Waals surface area contributed by atoms with Crippen molar-refractivity contribution in [3.8, 4) is 0 Å². The lowest BCUT2D eigenvalue weighted by Gasteiger charge is -2.18. The van der Waals surface area contributed by atoms with E-state index in [0.717, 1.165) is 18.4 Å². The number of esters is 1. The molecule has 8 heteroatoms. The van der Waals surface area contributed by atoms with Crippen molar-refractivity contribution in [2.75, 3.05) is 29.9 Å². The molecule has 162 valence electrons. The Labute approximate surface area is 180 Å². The number of ether oxygens (including phenoxy) is 1. The van der Waals surface area contributed by atoms with Gasteiger partial charge in [0.25, 0.3) is 5.91 Å². The van der Waals surface area contributed by atoms with Gasteiger partial charge in [0, 0.05) is 18.7 Å². The predicted octanol–water partition coefficient (Wildman–Crippen LogP) is 2.29. The summed E-state index contributed by atoms with van der Waals surface area (Å²) >= 11 is 0. The van der Waals surface area contributed by atoms with Gasteiger partial charge in [-0.25, -0.2) is 4.79 Å². The van der Waals surface area contributed by atoms with Gasteiger partial charge in [0.05, 0.1) is 17.8 Å². The number of aryl methyl sites for hydroxylation is 1. The largest absolute Gasteiger partial charge is 0.452 e. The highest BCUT2D eigenvalue weighted by Gasteiger charge is 2.26. The summed E-state index contributed by atoms with van der Waals surface area (Å²) in [5.41, 5.74) is 2.39. The van der Waals surface area contributed by atoms with Crippen LogP contribution in [0.5, 0.6) is 0 Å². The molecule has 1 heterocycles. The molecule has 3 amide bonds. The first kappa shape index (κ1) is 22.0. The van der Waals surface area contributed by atoms with Crippen LogP contribution in [-0.2, 0) is 25.5 Å². The second kappa shape index (κ2) is 10.4. The Hall–Kier alpha value is -3.68. The van der Waals surface area contributed by atoms with Gasteiger partial charge in [0.2, 0.25) is 11.8 Å². The zero-order valence-corrected chi connectivity index (χ0v) is 17.3. The molecule has 0 atom stereocenters. The minimum absolute atomic E-state index is 0.0475. The van der Waals surface area contributed by atoms with E-state index < -0.39 is 18.5 Å². The molecule has 1 aliphatic rings. The fourth-order valence-corrected chi connectivity index (χ4v) is 3.37. The zero-order chi connectivity index (χ0) is 22.2. The molecule has 0 bridgehead atoms. The summed E-state index contributed by atoms with van der Waals surface area (Å²) < 4.78 is 5.09. The summed E-state index contributed by atoms with van der Waals surface area (Å²) in [6.07, 6.45) is 1.94. The first-order chi connectivity index (χ1) is 15.0. The van der Waals surface area contributed by atoms with E-state index in [0.29, 0.717) is 24.3 Å². The minimum Gasteiger partial charge on any atom is -0.452 e. The molecular formula is C23H25N3O5. The molecule has 2 aromatic rings. The Balaban J connectivity index is 1.49. The van der Waals surface area contributed by atoms with Crippen molar-refractivity contribution in [2.45, 2.75) is 26.2 Å². The van der Waals surface area contributed by atoms with Crippen LogP contribution in [-0.4, -0.2) is 43.4 Å². The van der Waals surface area contributed by atoms with E-state index in [2.05, 4.69) is 10.6 Å². The third-order valence-electron chi connectivity index (χ3n) is 4.94. The summed E-state index contributed by atoms with van der Waals surface area (Å²) in [7, 11) is 0. The Bertz CT molecular complexity index is 989. The van der Waals surface area contributed by atoms with Crippen molar-refractivity contribution < 1.29 is 23.9 Å². The number of anilines is 2. The Morgan fingerprint density at radius 2 is 1.77 bits per heavy atom. The molecule has 1 fully saturated rings. The SMILES string of the molecule is CCc1ccccc1NC(=O)CNC(=O)COC(=O)c1ccccc1N1CCCC1=O. The second-order valence-electron chi connectivity index (χ2n) is 7.08. The van der Waals surface area contributed by atoms with E-state index in [4.69, 9.17) is 4.74 Å². The number of hydrogen-bond acceptors (Lipinski definition) is 5.